The SMILES string of the molecule is NN=NCc1ccc(F)cc1F. The molecular formula is C7H7F2N3. The zero-order valence-electron chi connectivity index (χ0n) is 6.17. The smallest absolute Gasteiger partial charge is 0.131 e. The lowest BCUT2D eigenvalue weighted by molar-refractivity contribution is 0.571. The maximum Gasteiger partial charge on any atom is 0.131 e. The lowest BCUT2D eigenvalue weighted by Gasteiger charge is -1.96. The molecule has 3 nitrogen and oxygen atoms in total. The summed E-state index contributed by atoms with van der Waals surface area (Å²) in [4.78, 5) is 0. The van der Waals surface area contributed by atoms with Crippen LogP contribution in [0.4, 0.5) is 8.78 Å². The van der Waals surface area contributed by atoms with Crippen LogP contribution in [0.2, 0.25) is 0 Å². The molecule has 0 saturated carbocycles. The van der Waals surface area contributed by atoms with E-state index in [2.05, 4.69) is 10.3 Å². The zero-order valence-corrected chi connectivity index (χ0v) is 6.17. The van der Waals surface area contributed by atoms with Crippen LogP contribution in [0.25, 0.3) is 0 Å². The van der Waals surface area contributed by atoms with Gasteiger partial charge in [0.05, 0.1) is 6.54 Å². The molecule has 0 amide bonds. The van der Waals surface area contributed by atoms with E-state index in [1.54, 1.807) is 0 Å². The minimum atomic E-state index is -0.637. The molecule has 0 unspecified atom stereocenters. The molecule has 0 atom stereocenters. The molecule has 1 aromatic carbocycles. The second-order valence-corrected chi connectivity index (χ2v) is 2.15. The fourth-order valence-corrected chi connectivity index (χ4v) is 0.767. The van der Waals surface area contributed by atoms with Crippen LogP contribution in [0.15, 0.2) is 28.5 Å². The van der Waals surface area contributed by atoms with Gasteiger partial charge in [0.15, 0.2) is 0 Å². The minimum absolute atomic E-state index is 0.0304. The molecule has 0 saturated heterocycles. The van der Waals surface area contributed by atoms with E-state index < -0.39 is 11.6 Å². The van der Waals surface area contributed by atoms with E-state index >= 15 is 0 Å². The molecule has 64 valence electrons. The lowest BCUT2D eigenvalue weighted by Crippen LogP contribution is -1.89. The second kappa shape index (κ2) is 3.75. The van der Waals surface area contributed by atoms with E-state index in [0.717, 1.165) is 12.1 Å². The van der Waals surface area contributed by atoms with Gasteiger partial charge in [-0.25, -0.2) is 8.78 Å². The van der Waals surface area contributed by atoms with E-state index in [0.29, 0.717) is 0 Å². The number of nitrogens with two attached hydrogens (primary N) is 1. The summed E-state index contributed by atoms with van der Waals surface area (Å²) in [6.45, 7) is 0.0304. The molecule has 2 N–H and O–H groups in total. The molecule has 0 aromatic heterocycles. The number of rotatable bonds is 2. The average molecular weight is 171 g/mol. The first-order valence-electron chi connectivity index (χ1n) is 3.24. The molecule has 1 aromatic rings. The maximum absolute atomic E-state index is 12.8. The Hall–Kier alpha value is -1.52. The molecule has 0 heterocycles. The summed E-state index contributed by atoms with van der Waals surface area (Å²) in [5.74, 6) is 3.47. The summed E-state index contributed by atoms with van der Waals surface area (Å²) in [6, 6.07) is 3.26. The lowest BCUT2D eigenvalue weighted by atomic mass is 10.2. The third kappa shape index (κ3) is 1.98. The largest absolute Gasteiger partial charge is 0.305 e. The third-order valence-electron chi connectivity index (χ3n) is 1.34. The molecule has 0 bridgehead atoms. The van der Waals surface area contributed by atoms with Gasteiger partial charge in [0.2, 0.25) is 0 Å². The van der Waals surface area contributed by atoms with Gasteiger partial charge < -0.3 is 5.84 Å². The Kier molecular flexibility index (Phi) is 2.68. The first-order chi connectivity index (χ1) is 5.74. The van der Waals surface area contributed by atoms with Crippen LogP contribution in [0, 0.1) is 11.6 Å². The number of benzene rings is 1. The molecule has 0 aliphatic carbocycles. The molecule has 0 fully saturated rings. The molecule has 0 radical (unpaired) electrons. The van der Waals surface area contributed by atoms with Crippen molar-refractivity contribution in [2.45, 2.75) is 6.54 Å². The highest BCUT2D eigenvalue weighted by atomic mass is 19.1. The van der Waals surface area contributed by atoms with Crippen molar-refractivity contribution >= 4 is 0 Å². The van der Waals surface area contributed by atoms with Crippen LogP contribution in [0.5, 0.6) is 0 Å². The van der Waals surface area contributed by atoms with Crippen LogP contribution in [-0.4, -0.2) is 0 Å². The van der Waals surface area contributed by atoms with Crippen molar-refractivity contribution in [1.29, 1.82) is 0 Å². The summed E-state index contributed by atoms with van der Waals surface area (Å²) >= 11 is 0. The fourth-order valence-electron chi connectivity index (χ4n) is 0.767. The molecule has 5 heteroatoms. The van der Waals surface area contributed by atoms with Crippen LogP contribution in [0.3, 0.4) is 0 Å². The van der Waals surface area contributed by atoms with Crippen LogP contribution >= 0.6 is 0 Å². The standard InChI is InChI=1S/C7H7F2N3/c8-6-2-1-5(4-11-12-10)7(9)3-6/h1-3H,4H2,(H2,10,11). The van der Waals surface area contributed by atoms with Gasteiger partial charge in [-0.1, -0.05) is 11.3 Å². The summed E-state index contributed by atoms with van der Waals surface area (Å²) < 4.78 is 25.1. The Labute approximate surface area is 67.9 Å². The molecule has 1 rings (SSSR count). The van der Waals surface area contributed by atoms with Crippen molar-refractivity contribution in [1.82, 2.24) is 0 Å². The monoisotopic (exact) mass is 171 g/mol. The van der Waals surface area contributed by atoms with Crippen molar-refractivity contribution in [2.24, 2.45) is 16.2 Å². The van der Waals surface area contributed by atoms with Crippen molar-refractivity contribution in [3.05, 3.63) is 35.4 Å². The molecule has 12 heavy (non-hydrogen) atoms. The van der Waals surface area contributed by atoms with Gasteiger partial charge >= 0.3 is 0 Å². The Morgan fingerprint density at radius 3 is 2.67 bits per heavy atom. The van der Waals surface area contributed by atoms with Crippen LogP contribution in [-0.2, 0) is 6.54 Å². The van der Waals surface area contributed by atoms with E-state index in [9.17, 15) is 8.78 Å². The summed E-state index contributed by atoms with van der Waals surface area (Å²) in [5.41, 5.74) is 0.269. The second-order valence-electron chi connectivity index (χ2n) is 2.15. The highest BCUT2D eigenvalue weighted by Gasteiger charge is 2.01. The van der Waals surface area contributed by atoms with E-state index in [1.165, 1.54) is 6.07 Å². The fraction of sp³-hybridized carbons (Fsp3) is 0.143. The maximum atomic E-state index is 12.8. The van der Waals surface area contributed by atoms with Crippen molar-refractivity contribution < 1.29 is 8.78 Å². The van der Waals surface area contributed by atoms with E-state index in [1.807, 2.05) is 0 Å². The van der Waals surface area contributed by atoms with Crippen LogP contribution in [0.1, 0.15) is 5.56 Å². The van der Waals surface area contributed by atoms with Gasteiger partial charge in [0.1, 0.15) is 11.6 Å². The van der Waals surface area contributed by atoms with Gasteiger partial charge in [-0.15, -0.1) is 0 Å². The normalized spacial score (nSPS) is 10.8. The quantitative estimate of drug-likeness (QED) is 0.411. The highest BCUT2D eigenvalue weighted by Crippen LogP contribution is 2.10. The average Bonchev–Trinajstić information content (AvgIpc) is 2.03. The Morgan fingerprint density at radius 2 is 2.08 bits per heavy atom. The van der Waals surface area contributed by atoms with Crippen molar-refractivity contribution in [3.8, 4) is 0 Å². The summed E-state index contributed by atoms with van der Waals surface area (Å²) in [6.07, 6.45) is 0. The van der Waals surface area contributed by atoms with E-state index in [4.69, 9.17) is 5.84 Å². The molecule has 0 spiro atoms. The Morgan fingerprint density at radius 1 is 1.33 bits per heavy atom. The number of hydrogen-bond acceptors (Lipinski definition) is 2. The topological polar surface area (TPSA) is 50.7 Å². The Bertz CT molecular complexity index is 299. The number of halogens is 2. The molecule has 0 aliphatic heterocycles. The highest BCUT2D eigenvalue weighted by molar-refractivity contribution is 5.18. The van der Waals surface area contributed by atoms with Gasteiger partial charge in [-0.2, -0.15) is 5.11 Å². The minimum Gasteiger partial charge on any atom is -0.305 e. The van der Waals surface area contributed by atoms with Crippen LogP contribution < -0.4 is 5.84 Å². The predicted molar refractivity (Wildman–Crippen MR) is 39.1 cm³/mol. The number of nitrogens with zero attached hydrogens (tertiary/aromatic N) is 2. The summed E-state index contributed by atoms with van der Waals surface area (Å²) in [5, 5.41) is 6.33. The Balaban J connectivity index is 2.86. The van der Waals surface area contributed by atoms with Gasteiger partial charge in [-0.3, -0.25) is 0 Å². The van der Waals surface area contributed by atoms with Gasteiger partial charge in [0, 0.05) is 11.6 Å². The van der Waals surface area contributed by atoms with Gasteiger partial charge in [-0.05, 0) is 6.07 Å². The van der Waals surface area contributed by atoms with E-state index in [-0.39, 0.29) is 12.1 Å². The predicted octanol–water partition coefficient (Wildman–Crippen LogP) is 1.79. The summed E-state index contributed by atoms with van der Waals surface area (Å²) in [7, 11) is 0. The molecular weight excluding hydrogens is 164 g/mol. The first kappa shape index (κ1) is 8.58. The van der Waals surface area contributed by atoms with Gasteiger partial charge in [0.25, 0.3) is 0 Å². The van der Waals surface area contributed by atoms with Crippen molar-refractivity contribution in [3.63, 3.8) is 0 Å². The zero-order chi connectivity index (χ0) is 8.97. The molecule has 0 aliphatic rings. The first-order valence-corrected chi connectivity index (χ1v) is 3.24. The number of hydrogen-bond donors (Lipinski definition) is 1. The third-order valence-corrected chi connectivity index (χ3v) is 1.34. The van der Waals surface area contributed by atoms with Crippen molar-refractivity contribution in [2.75, 3.05) is 0 Å².